The molecule has 1 unspecified atom stereocenters. The van der Waals surface area contributed by atoms with Crippen molar-refractivity contribution in [1.82, 2.24) is 25.2 Å². The molecule has 9 nitrogen and oxygen atoms in total. The summed E-state index contributed by atoms with van der Waals surface area (Å²) in [4.78, 5) is 25.1. The van der Waals surface area contributed by atoms with E-state index in [1.807, 2.05) is 54.1 Å². The van der Waals surface area contributed by atoms with Crippen molar-refractivity contribution in [1.29, 1.82) is 0 Å². The molecule has 1 aliphatic rings. The summed E-state index contributed by atoms with van der Waals surface area (Å²) >= 11 is 0. The number of hydrogen-bond donors (Lipinski definition) is 1. The molecule has 146 valence electrons. The van der Waals surface area contributed by atoms with E-state index >= 15 is 0 Å². The smallest absolute Gasteiger partial charge is 0.245 e. The van der Waals surface area contributed by atoms with Gasteiger partial charge in [0.25, 0.3) is 0 Å². The standard InChI is InChI=1S/C19H23N7O2/c1-3-26-12-14(9-15(26)27)11-25(2)19-18(20-10-13-7-5-4-6-8-13)21-16-17(22-19)24-28-23-16/h4-8,14H,3,9-12H2,1-2H3,(H,20,21,23). The molecule has 0 bridgehead atoms. The van der Waals surface area contributed by atoms with Crippen LogP contribution in [0.5, 0.6) is 0 Å². The number of carbonyl (C=O) groups is 1. The highest BCUT2D eigenvalue weighted by Crippen LogP contribution is 2.26. The van der Waals surface area contributed by atoms with Gasteiger partial charge in [0.15, 0.2) is 11.6 Å². The summed E-state index contributed by atoms with van der Waals surface area (Å²) in [6.07, 6.45) is 0.562. The van der Waals surface area contributed by atoms with Crippen LogP contribution in [0.2, 0.25) is 0 Å². The molecule has 9 heteroatoms. The molecular formula is C19H23N7O2. The van der Waals surface area contributed by atoms with Gasteiger partial charge in [0, 0.05) is 45.6 Å². The Labute approximate surface area is 162 Å². The minimum atomic E-state index is 0.213. The first-order valence-electron chi connectivity index (χ1n) is 9.41. The minimum absolute atomic E-state index is 0.213. The van der Waals surface area contributed by atoms with Crippen LogP contribution in [0.25, 0.3) is 11.3 Å². The molecule has 2 aromatic heterocycles. The fraction of sp³-hybridized carbons (Fsp3) is 0.421. The Morgan fingerprint density at radius 3 is 2.68 bits per heavy atom. The summed E-state index contributed by atoms with van der Waals surface area (Å²) in [6.45, 7) is 4.84. The van der Waals surface area contributed by atoms with Crippen LogP contribution in [-0.2, 0) is 11.3 Å². The van der Waals surface area contributed by atoms with Gasteiger partial charge >= 0.3 is 0 Å². The monoisotopic (exact) mass is 381 g/mol. The van der Waals surface area contributed by atoms with Gasteiger partial charge in [0.2, 0.25) is 17.2 Å². The van der Waals surface area contributed by atoms with Crippen LogP contribution in [0.1, 0.15) is 18.9 Å². The van der Waals surface area contributed by atoms with E-state index in [0.717, 1.165) is 18.7 Å². The van der Waals surface area contributed by atoms with Gasteiger partial charge < -0.3 is 15.1 Å². The summed E-state index contributed by atoms with van der Waals surface area (Å²) in [5, 5.41) is 11.0. The fourth-order valence-corrected chi connectivity index (χ4v) is 3.55. The molecule has 1 saturated heterocycles. The van der Waals surface area contributed by atoms with Crippen LogP contribution in [0.15, 0.2) is 35.0 Å². The molecule has 1 aromatic carbocycles. The highest BCUT2D eigenvalue weighted by atomic mass is 16.6. The van der Waals surface area contributed by atoms with E-state index in [9.17, 15) is 4.79 Å². The number of anilines is 2. The Bertz CT molecular complexity index is 959. The van der Waals surface area contributed by atoms with Crippen molar-refractivity contribution in [3.05, 3.63) is 35.9 Å². The maximum atomic E-state index is 12.0. The average molecular weight is 381 g/mol. The molecular weight excluding hydrogens is 358 g/mol. The highest BCUT2D eigenvalue weighted by Gasteiger charge is 2.30. The molecule has 1 atom stereocenters. The number of nitrogens with zero attached hydrogens (tertiary/aromatic N) is 6. The molecule has 1 amide bonds. The number of benzene rings is 1. The topological polar surface area (TPSA) is 100 Å². The predicted octanol–water partition coefficient (Wildman–Crippen LogP) is 1.93. The lowest BCUT2D eigenvalue weighted by atomic mass is 10.1. The van der Waals surface area contributed by atoms with Crippen LogP contribution >= 0.6 is 0 Å². The number of hydrogen-bond acceptors (Lipinski definition) is 8. The van der Waals surface area contributed by atoms with Crippen molar-refractivity contribution in [3.63, 3.8) is 0 Å². The minimum Gasteiger partial charge on any atom is -0.363 e. The zero-order valence-electron chi connectivity index (χ0n) is 16.0. The Morgan fingerprint density at radius 1 is 1.21 bits per heavy atom. The number of amides is 1. The molecule has 0 aliphatic carbocycles. The van der Waals surface area contributed by atoms with Crippen molar-refractivity contribution in [2.45, 2.75) is 19.9 Å². The zero-order chi connectivity index (χ0) is 19.5. The molecule has 1 fully saturated rings. The van der Waals surface area contributed by atoms with Crippen molar-refractivity contribution >= 4 is 28.8 Å². The van der Waals surface area contributed by atoms with Crippen LogP contribution in [0.3, 0.4) is 0 Å². The molecule has 3 aromatic rings. The van der Waals surface area contributed by atoms with Gasteiger partial charge in [-0.25, -0.2) is 14.6 Å². The van der Waals surface area contributed by atoms with Crippen molar-refractivity contribution in [2.24, 2.45) is 5.92 Å². The first-order chi connectivity index (χ1) is 13.6. The lowest BCUT2D eigenvalue weighted by molar-refractivity contribution is -0.127. The van der Waals surface area contributed by atoms with Gasteiger partial charge in [-0.05, 0) is 22.8 Å². The van der Waals surface area contributed by atoms with Gasteiger partial charge in [-0.1, -0.05) is 30.3 Å². The first kappa shape index (κ1) is 18.1. The summed E-state index contributed by atoms with van der Waals surface area (Å²) in [6, 6.07) is 10.1. The van der Waals surface area contributed by atoms with E-state index < -0.39 is 0 Å². The number of nitrogens with one attached hydrogen (secondary N) is 1. The normalized spacial score (nSPS) is 16.7. The summed E-state index contributed by atoms with van der Waals surface area (Å²) in [5.74, 6) is 1.76. The summed E-state index contributed by atoms with van der Waals surface area (Å²) in [5.41, 5.74) is 1.86. The van der Waals surface area contributed by atoms with E-state index in [1.54, 1.807) is 0 Å². The van der Waals surface area contributed by atoms with Crippen LogP contribution in [-0.4, -0.2) is 57.8 Å². The SMILES string of the molecule is CCN1CC(CN(C)c2nc3nonc3nc2NCc2ccccc2)CC1=O. The van der Waals surface area contributed by atoms with E-state index in [-0.39, 0.29) is 11.8 Å². The maximum Gasteiger partial charge on any atom is 0.245 e. The van der Waals surface area contributed by atoms with Crippen LogP contribution < -0.4 is 10.2 Å². The van der Waals surface area contributed by atoms with Gasteiger partial charge in [-0.3, -0.25) is 4.79 Å². The van der Waals surface area contributed by atoms with Gasteiger partial charge in [0.05, 0.1) is 0 Å². The summed E-state index contributed by atoms with van der Waals surface area (Å²) < 4.78 is 4.77. The third-order valence-corrected chi connectivity index (χ3v) is 4.97. The molecule has 28 heavy (non-hydrogen) atoms. The molecule has 0 saturated carbocycles. The first-order valence-corrected chi connectivity index (χ1v) is 9.41. The van der Waals surface area contributed by atoms with Crippen molar-refractivity contribution in [2.75, 3.05) is 36.9 Å². The molecule has 4 rings (SSSR count). The molecule has 1 aliphatic heterocycles. The second-order valence-corrected chi connectivity index (χ2v) is 7.03. The Balaban J connectivity index is 1.55. The third kappa shape index (κ3) is 3.73. The Hall–Kier alpha value is -3.23. The highest BCUT2D eigenvalue weighted by molar-refractivity contribution is 5.79. The lowest BCUT2D eigenvalue weighted by Crippen LogP contribution is -2.30. The van der Waals surface area contributed by atoms with Gasteiger partial charge in [0.1, 0.15) is 0 Å². The molecule has 3 heterocycles. The average Bonchev–Trinajstić information content (AvgIpc) is 3.31. The van der Waals surface area contributed by atoms with Crippen LogP contribution in [0.4, 0.5) is 11.6 Å². The van der Waals surface area contributed by atoms with Gasteiger partial charge in [-0.2, -0.15) is 0 Å². The number of fused-ring (bicyclic) bond motifs is 1. The van der Waals surface area contributed by atoms with Crippen LogP contribution in [0, 0.1) is 5.92 Å². The predicted molar refractivity (Wildman–Crippen MR) is 105 cm³/mol. The largest absolute Gasteiger partial charge is 0.363 e. The molecule has 0 spiro atoms. The second kappa shape index (κ2) is 7.79. The van der Waals surface area contributed by atoms with Crippen molar-refractivity contribution < 1.29 is 9.42 Å². The Morgan fingerprint density at radius 2 is 1.96 bits per heavy atom. The van der Waals surface area contributed by atoms with E-state index in [1.165, 1.54) is 0 Å². The van der Waals surface area contributed by atoms with Crippen molar-refractivity contribution in [3.8, 4) is 0 Å². The number of likely N-dealkylation sites (tertiary alicyclic amines) is 1. The fourth-order valence-electron chi connectivity index (χ4n) is 3.55. The number of rotatable bonds is 7. The van der Waals surface area contributed by atoms with Gasteiger partial charge in [-0.15, -0.1) is 0 Å². The van der Waals surface area contributed by atoms with E-state index in [4.69, 9.17) is 4.63 Å². The third-order valence-electron chi connectivity index (χ3n) is 4.97. The van der Waals surface area contributed by atoms with E-state index in [0.29, 0.717) is 42.4 Å². The number of aromatic nitrogens is 4. The molecule has 1 N–H and O–H groups in total. The maximum absolute atomic E-state index is 12.0. The zero-order valence-corrected chi connectivity index (χ0v) is 16.0. The molecule has 0 radical (unpaired) electrons. The number of carbonyl (C=O) groups excluding carboxylic acids is 1. The lowest BCUT2D eigenvalue weighted by Gasteiger charge is -2.23. The summed E-state index contributed by atoms with van der Waals surface area (Å²) in [7, 11) is 1.95. The van der Waals surface area contributed by atoms with E-state index in [2.05, 4.69) is 25.6 Å². The quantitative estimate of drug-likeness (QED) is 0.663. The Kier molecular flexibility index (Phi) is 5.05. The second-order valence-electron chi connectivity index (χ2n) is 7.03.